The van der Waals surface area contributed by atoms with Gasteiger partial charge < -0.3 is 4.74 Å². The van der Waals surface area contributed by atoms with E-state index in [2.05, 4.69) is 6.92 Å². The molecule has 1 aromatic rings. The molecule has 0 heterocycles. The van der Waals surface area contributed by atoms with Crippen LogP contribution in [0.15, 0.2) is 18.2 Å². The van der Waals surface area contributed by atoms with Crippen LogP contribution >= 0.6 is 11.6 Å². The summed E-state index contributed by atoms with van der Waals surface area (Å²) in [5.41, 5.74) is 0.679. The van der Waals surface area contributed by atoms with E-state index in [0.29, 0.717) is 10.8 Å². The summed E-state index contributed by atoms with van der Waals surface area (Å²) in [5.74, 6) is 0.710. The second kappa shape index (κ2) is 3.59. The van der Waals surface area contributed by atoms with Crippen molar-refractivity contribution in [2.24, 2.45) is 0 Å². The van der Waals surface area contributed by atoms with Gasteiger partial charge in [0.2, 0.25) is 0 Å². The van der Waals surface area contributed by atoms with E-state index in [0.717, 1.165) is 5.56 Å². The molecule has 0 aliphatic heterocycles. The average Bonchev–Trinajstić information content (AvgIpc) is 1.93. The predicted octanol–water partition coefficient (Wildman–Crippen LogP) is 3.70. The van der Waals surface area contributed by atoms with Gasteiger partial charge >= 0.3 is 0 Å². The first-order valence-corrected chi connectivity index (χ1v) is 4.57. The van der Waals surface area contributed by atoms with Crippen LogP contribution in [0.1, 0.15) is 26.3 Å². The van der Waals surface area contributed by atoms with Crippen LogP contribution in [0.4, 0.5) is 0 Å². The molecule has 0 atom stereocenters. The van der Waals surface area contributed by atoms with Gasteiger partial charge in [0.05, 0.1) is 5.02 Å². The van der Waals surface area contributed by atoms with Crippen molar-refractivity contribution in [3.05, 3.63) is 35.7 Å². The molecule has 1 nitrogen and oxygen atoms in total. The molecule has 0 unspecified atom stereocenters. The van der Waals surface area contributed by atoms with Crippen LogP contribution in [0.3, 0.4) is 0 Å². The molecule has 0 aliphatic carbocycles. The average molecular weight is 198 g/mol. The first kappa shape index (κ1) is 10.4. The van der Waals surface area contributed by atoms with Gasteiger partial charge in [-0.15, -0.1) is 0 Å². The van der Waals surface area contributed by atoms with Gasteiger partial charge in [-0.3, -0.25) is 0 Å². The molecule has 0 bridgehead atoms. The van der Waals surface area contributed by atoms with Crippen LogP contribution in [-0.2, 0) is 0 Å². The molecule has 0 amide bonds. The molecule has 0 aliphatic rings. The first-order chi connectivity index (χ1) is 5.88. The third kappa shape index (κ3) is 3.27. The summed E-state index contributed by atoms with van der Waals surface area (Å²) in [6.45, 7) is 9.74. The number of halogens is 1. The number of ether oxygens (including phenoxy) is 1. The van der Waals surface area contributed by atoms with Gasteiger partial charge in [-0.2, -0.15) is 0 Å². The van der Waals surface area contributed by atoms with Gasteiger partial charge in [0.25, 0.3) is 0 Å². The zero-order valence-electron chi connectivity index (χ0n) is 8.23. The highest BCUT2D eigenvalue weighted by Gasteiger charge is 2.13. The Kier molecular flexibility index (Phi) is 2.87. The summed E-state index contributed by atoms with van der Waals surface area (Å²) in [7, 11) is 0. The minimum atomic E-state index is -0.216. The topological polar surface area (TPSA) is 9.23 Å². The van der Waals surface area contributed by atoms with E-state index in [1.54, 1.807) is 6.07 Å². The summed E-state index contributed by atoms with van der Waals surface area (Å²) in [4.78, 5) is 0. The van der Waals surface area contributed by atoms with Gasteiger partial charge in [0.15, 0.2) is 0 Å². The summed E-state index contributed by atoms with van der Waals surface area (Å²) in [5, 5.41) is 0.613. The smallest absolute Gasteiger partial charge is 0.138 e. The van der Waals surface area contributed by atoms with E-state index in [4.69, 9.17) is 16.3 Å². The van der Waals surface area contributed by atoms with Crippen molar-refractivity contribution < 1.29 is 4.74 Å². The Balaban J connectivity index is 2.90. The van der Waals surface area contributed by atoms with Gasteiger partial charge in [-0.1, -0.05) is 17.7 Å². The zero-order chi connectivity index (χ0) is 10.1. The lowest BCUT2D eigenvalue weighted by molar-refractivity contribution is 0.131. The molecule has 0 fully saturated rings. The highest BCUT2D eigenvalue weighted by Crippen LogP contribution is 2.28. The fourth-order valence-electron chi connectivity index (χ4n) is 0.957. The standard InChI is InChI=1S/C11H14ClO/c1-8-5-6-10(9(12)7-8)13-11(2,3)4/h5-7H,1H2,2-4H3. The molecule has 0 N–H and O–H groups in total. The number of hydrogen-bond donors (Lipinski definition) is 0. The second-order valence-electron chi connectivity index (χ2n) is 3.98. The van der Waals surface area contributed by atoms with Crippen LogP contribution in [0.2, 0.25) is 5.02 Å². The van der Waals surface area contributed by atoms with Gasteiger partial charge in [-0.05, 0) is 45.4 Å². The maximum absolute atomic E-state index is 5.97. The van der Waals surface area contributed by atoms with Crippen molar-refractivity contribution in [1.29, 1.82) is 0 Å². The molecule has 0 spiro atoms. The van der Waals surface area contributed by atoms with Crippen molar-refractivity contribution in [2.45, 2.75) is 26.4 Å². The van der Waals surface area contributed by atoms with E-state index in [9.17, 15) is 0 Å². The molecule has 0 aromatic heterocycles. The SMILES string of the molecule is [CH2]c1ccc(OC(C)(C)C)c(Cl)c1. The molecule has 1 radical (unpaired) electrons. The van der Waals surface area contributed by atoms with E-state index >= 15 is 0 Å². The lowest BCUT2D eigenvalue weighted by Crippen LogP contribution is -2.23. The maximum Gasteiger partial charge on any atom is 0.138 e. The fraction of sp³-hybridized carbons (Fsp3) is 0.364. The van der Waals surface area contributed by atoms with Crippen molar-refractivity contribution in [1.82, 2.24) is 0 Å². The lowest BCUT2D eigenvalue weighted by Gasteiger charge is -2.22. The lowest BCUT2D eigenvalue weighted by atomic mass is 10.2. The largest absolute Gasteiger partial charge is 0.487 e. The van der Waals surface area contributed by atoms with Crippen molar-refractivity contribution in [2.75, 3.05) is 0 Å². The third-order valence-electron chi connectivity index (χ3n) is 1.41. The minimum absolute atomic E-state index is 0.216. The van der Waals surface area contributed by atoms with Crippen LogP contribution in [0.25, 0.3) is 0 Å². The van der Waals surface area contributed by atoms with Crippen LogP contribution in [0, 0.1) is 6.92 Å². The van der Waals surface area contributed by atoms with Gasteiger partial charge in [0, 0.05) is 0 Å². The predicted molar refractivity (Wildman–Crippen MR) is 56.3 cm³/mol. The van der Waals surface area contributed by atoms with E-state index in [-0.39, 0.29) is 5.60 Å². The number of benzene rings is 1. The molecule has 2 heteroatoms. The monoisotopic (exact) mass is 197 g/mol. The normalized spacial score (nSPS) is 11.5. The third-order valence-corrected chi connectivity index (χ3v) is 1.71. The summed E-state index contributed by atoms with van der Waals surface area (Å²) < 4.78 is 5.63. The summed E-state index contributed by atoms with van der Waals surface area (Å²) in [6.07, 6.45) is 0. The van der Waals surface area contributed by atoms with Crippen molar-refractivity contribution in [3.63, 3.8) is 0 Å². The highest BCUT2D eigenvalue weighted by molar-refractivity contribution is 6.32. The Morgan fingerprint density at radius 2 is 1.92 bits per heavy atom. The Morgan fingerprint density at radius 1 is 1.31 bits per heavy atom. The summed E-state index contributed by atoms with van der Waals surface area (Å²) >= 11 is 5.97. The molecular weight excluding hydrogens is 184 g/mol. The van der Waals surface area contributed by atoms with Crippen molar-refractivity contribution in [3.8, 4) is 5.75 Å². The van der Waals surface area contributed by atoms with E-state index in [1.165, 1.54) is 0 Å². The van der Waals surface area contributed by atoms with Gasteiger partial charge in [0.1, 0.15) is 11.4 Å². The quantitative estimate of drug-likeness (QED) is 0.667. The molecule has 71 valence electrons. The Bertz CT molecular complexity index is 299. The number of hydrogen-bond acceptors (Lipinski definition) is 1. The molecule has 0 saturated carbocycles. The minimum Gasteiger partial charge on any atom is -0.487 e. The van der Waals surface area contributed by atoms with E-state index < -0.39 is 0 Å². The Morgan fingerprint density at radius 3 is 2.38 bits per heavy atom. The Hall–Kier alpha value is -0.690. The number of rotatable bonds is 1. The molecule has 1 aromatic carbocycles. The molecule has 0 saturated heterocycles. The molecule has 1 rings (SSSR count). The van der Waals surface area contributed by atoms with Crippen molar-refractivity contribution >= 4 is 11.6 Å². The zero-order valence-corrected chi connectivity index (χ0v) is 8.98. The molecule has 13 heavy (non-hydrogen) atoms. The summed E-state index contributed by atoms with van der Waals surface area (Å²) in [6, 6.07) is 5.52. The van der Waals surface area contributed by atoms with Crippen LogP contribution in [-0.4, -0.2) is 5.60 Å². The molecular formula is C11H14ClO. The first-order valence-electron chi connectivity index (χ1n) is 4.19. The highest BCUT2D eigenvalue weighted by atomic mass is 35.5. The van der Waals surface area contributed by atoms with E-state index in [1.807, 2.05) is 32.9 Å². The second-order valence-corrected chi connectivity index (χ2v) is 4.39. The Labute approximate surface area is 84.7 Å². The van der Waals surface area contributed by atoms with Crippen LogP contribution < -0.4 is 4.74 Å². The van der Waals surface area contributed by atoms with Gasteiger partial charge in [-0.25, -0.2) is 0 Å². The maximum atomic E-state index is 5.97. The fourth-order valence-corrected chi connectivity index (χ4v) is 1.20. The van der Waals surface area contributed by atoms with Crippen LogP contribution in [0.5, 0.6) is 5.75 Å².